The molecule has 0 fully saturated rings. The summed E-state index contributed by atoms with van der Waals surface area (Å²) in [6, 6.07) is 6.67. The van der Waals surface area contributed by atoms with Crippen LogP contribution < -0.4 is 10.6 Å². The fourth-order valence-corrected chi connectivity index (χ4v) is 2.69. The van der Waals surface area contributed by atoms with E-state index in [1.54, 1.807) is 24.3 Å². The fraction of sp³-hybridized carbons (Fsp3) is 0.375. The molecular weight excluding hydrogens is 312 g/mol. The first kappa shape index (κ1) is 17.1. The van der Waals surface area contributed by atoms with Gasteiger partial charge in [-0.15, -0.1) is 10.2 Å². The minimum atomic E-state index is -0.253. The minimum absolute atomic E-state index is 0.0549. The van der Waals surface area contributed by atoms with Crippen molar-refractivity contribution in [2.45, 2.75) is 39.5 Å². The van der Waals surface area contributed by atoms with Crippen LogP contribution in [0.5, 0.6) is 0 Å². The molecule has 0 saturated heterocycles. The zero-order chi connectivity index (χ0) is 17.0. The largest absolute Gasteiger partial charge is 0.326 e. The Kier molecular flexibility index (Phi) is 5.10. The normalized spacial score (nSPS) is 11.1. The summed E-state index contributed by atoms with van der Waals surface area (Å²) in [4.78, 5) is 23.2. The predicted molar refractivity (Wildman–Crippen MR) is 91.9 cm³/mol. The maximum Gasteiger partial charge on any atom is 0.257 e. The highest BCUT2D eigenvalue weighted by atomic mass is 32.1. The van der Waals surface area contributed by atoms with E-state index in [4.69, 9.17) is 0 Å². The van der Waals surface area contributed by atoms with Gasteiger partial charge in [0.2, 0.25) is 11.0 Å². The Morgan fingerprint density at radius 2 is 1.78 bits per heavy atom. The van der Waals surface area contributed by atoms with Crippen molar-refractivity contribution in [2.75, 3.05) is 10.6 Å². The molecule has 7 heteroatoms. The monoisotopic (exact) mass is 332 g/mol. The number of carbonyl (C=O) groups excluding carboxylic acids is 2. The number of carbonyl (C=O) groups is 2. The second-order valence-electron chi connectivity index (χ2n) is 5.86. The van der Waals surface area contributed by atoms with Crippen molar-refractivity contribution >= 4 is 34.0 Å². The number of nitrogens with zero attached hydrogens (tertiary/aromatic N) is 2. The number of rotatable bonds is 5. The van der Waals surface area contributed by atoms with Gasteiger partial charge in [-0.2, -0.15) is 0 Å². The summed E-state index contributed by atoms with van der Waals surface area (Å²) < 4.78 is 0. The van der Waals surface area contributed by atoms with Crippen LogP contribution in [0.4, 0.5) is 10.8 Å². The van der Waals surface area contributed by atoms with Crippen molar-refractivity contribution in [2.24, 2.45) is 0 Å². The zero-order valence-corrected chi connectivity index (χ0v) is 14.5. The molecule has 2 amide bonds. The smallest absolute Gasteiger partial charge is 0.257 e. The van der Waals surface area contributed by atoms with Gasteiger partial charge in [0.05, 0.1) is 0 Å². The number of hydrogen-bond donors (Lipinski definition) is 2. The molecule has 2 N–H and O–H groups in total. The molecule has 0 aliphatic rings. The lowest BCUT2D eigenvalue weighted by Crippen LogP contribution is -2.14. The van der Waals surface area contributed by atoms with Gasteiger partial charge in [-0.3, -0.25) is 14.9 Å². The molecule has 2 rings (SSSR count). The number of amides is 2. The number of aromatic nitrogens is 2. The van der Waals surface area contributed by atoms with Crippen molar-refractivity contribution in [1.82, 2.24) is 10.2 Å². The Hall–Kier alpha value is -2.28. The number of nitrogens with one attached hydrogen (secondary N) is 2. The van der Waals surface area contributed by atoms with Crippen molar-refractivity contribution in [3.63, 3.8) is 0 Å². The second kappa shape index (κ2) is 6.87. The molecule has 23 heavy (non-hydrogen) atoms. The Morgan fingerprint density at radius 3 is 2.35 bits per heavy atom. The Morgan fingerprint density at radius 1 is 1.13 bits per heavy atom. The van der Waals surface area contributed by atoms with Crippen molar-refractivity contribution in [3.05, 3.63) is 34.8 Å². The SMILES string of the molecule is CCC(C)(C)c1nnc(NC(=O)c2ccc(NC(C)=O)cc2)s1. The van der Waals surface area contributed by atoms with Gasteiger partial charge in [0.25, 0.3) is 5.91 Å². The summed E-state index contributed by atoms with van der Waals surface area (Å²) in [6.45, 7) is 7.72. The van der Waals surface area contributed by atoms with Gasteiger partial charge < -0.3 is 5.32 Å². The number of anilines is 2. The molecule has 0 radical (unpaired) electrons. The Bertz CT molecular complexity index is 707. The quantitative estimate of drug-likeness (QED) is 0.878. The van der Waals surface area contributed by atoms with Crippen LogP contribution in [0, 0.1) is 0 Å². The number of hydrogen-bond acceptors (Lipinski definition) is 5. The van der Waals surface area contributed by atoms with E-state index in [1.807, 2.05) is 0 Å². The maximum absolute atomic E-state index is 12.2. The topological polar surface area (TPSA) is 84.0 Å². The van der Waals surface area contributed by atoms with E-state index in [2.05, 4.69) is 41.6 Å². The van der Waals surface area contributed by atoms with Crippen LogP contribution in [0.25, 0.3) is 0 Å². The second-order valence-corrected chi connectivity index (χ2v) is 6.84. The van der Waals surface area contributed by atoms with E-state index in [0.29, 0.717) is 16.4 Å². The molecule has 2 aromatic rings. The molecule has 0 unspecified atom stereocenters. The Balaban J connectivity index is 2.06. The van der Waals surface area contributed by atoms with Crippen LogP contribution in [-0.2, 0) is 10.2 Å². The van der Waals surface area contributed by atoms with E-state index in [0.717, 1.165) is 11.4 Å². The summed E-state index contributed by atoms with van der Waals surface area (Å²) >= 11 is 1.39. The first-order chi connectivity index (χ1) is 10.8. The molecule has 0 bridgehead atoms. The van der Waals surface area contributed by atoms with E-state index in [-0.39, 0.29) is 17.2 Å². The van der Waals surface area contributed by atoms with Crippen molar-refractivity contribution in [1.29, 1.82) is 0 Å². The summed E-state index contributed by atoms with van der Waals surface area (Å²) in [6.07, 6.45) is 0.945. The molecular formula is C16H20N4O2S. The fourth-order valence-electron chi connectivity index (χ4n) is 1.78. The molecule has 0 saturated carbocycles. The molecule has 0 spiro atoms. The first-order valence-electron chi connectivity index (χ1n) is 7.35. The van der Waals surface area contributed by atoms with Crippen LogP contribution in [-0.4, -0.2) is 22.0 Å². The van der Waals surface area contributed by atoms with E-state index in [1.165, 1.54) is 18.3 Å². The van der Waals surface area contributed by atoms with Gasteiger partial charge in [-0.25, -0.2) is 0 Å². The standard InChI is InChI=1S/C16H20N4O2S/c1-5-16(3,4)14-19-20-15(23-14)18-13(22)11-6-8-12(9-7-11)17-10(2)21/h6-9H,5H2,1-4H3,(H,17,21)(H,18,20,22). The van der Waals surface area contributed by atoms with E-state index >= 15 is 0 Å². The summed E-state index contributed by atoms with van der Waals surface area (Å²) in [5, 5.41) is 15.0. The average molecular weight is 332 g/mol. The highest BCUT2D eigenvalue weighted by molar-refractivity contribution is 7.15. The minimum Gasteiger partial charge on any atom is -0.326 e. The third-order valence-corrected chi connectivity index (χ3v) is 4.78. The van der Waals surface area contributed by atoms with Crippen LogP contribution in [0.15, 0.2) is 24.3 Å². The van der Waals surface area contributed by atoms with Gasteiger partial charge >= 0.3 is 0 Å². The number of benzene rings is 1. The van der Waals surface area contributed by atoms with Crippen LogP contribution in [0.3, 0.4) is 0 Å². The summed E-state index contributed by atoms with van der Waals surface area (Å²) in [7, 11) is 0. The summed E-state index contributed by atoms with van der Waals surface area (Å²) in [5.74, 6) is -0.404. The van der Waals surface area contributed by atoms with Crippen molar-refractivity contribution < 1.29 is 9.59 Å². The lowest BCUT2D eigenvalue weighted by Gasteiger charge is -2.17. The molecule has 0 aliphatic heterocycles. The van der Waals surface area contributed by atoms with Gasteiger partial charge in [0.1, 0.15) is 5.01 Å². The molecule has 1 heterocycles. The third kappa shape index (κ3) is 4.35. The molecule has 1 aromatic heterocycles. The van der Waals surface area contributed by atoms with Crippen LogP contribution >= 0.6 is 11.3 Å². The van der Waals surface area contributed by atoms with Gasteiger partial charge in [0.15, 0.2) is 0 Å². The molecule has 6 nitrogen and oxygen atoms in total. The molecule has 122 valence electrons. The molecule has 0 aliphatic carbocycles. The highest BCUT2D eigenvalue weighted by Gasteiger charge is 2.23. The Labute approximate surface area is 139 Å². The van der Waals surface area contributed by atoms with Gasteiger partial charge in [-0.05, 0) is 30.7 Å². The lowest BCUT2D eigenvalue weighted by atomic mass is 9.91. The maximum atomic E-state index is 12.2. The summed E-state index contributed by atoms with van der Waals surface area (Å²) in [5.41, 5.74) is 1.09. The molecule has 1 aromatic carbocycles. The predicted octanol–water partition coefficient (Wildman–Crippen LogP) is 3.44. The average Bonchev–Trinajstić information content (AvgIpc) is 2.96. The van der Waals surface area contributed by atoms with Crippen LogP contribution in [0.1, 0.15) is 49.5 Å². The molecule has 0 atom stereocenters. The van der Waals surface area contributed by atoms with E-state index in [9.17, 15) is 9.59 Å². The lowest BCUT2D eigenvalue weighted by molar-refractivity contribution is -0.114. The first-order valence-corrected chi connectivity index (χ1v) is 8.16. The van der Waals surface area contributed by atoms with Crippen LogP contribution in [0.2, 0.25) is 0 Å². The van der Waals surface area contributed by atoms with E-state index < -0.39 is 0 Å². The van der Waals surface area contributed by atoms with Gasteiger partial charge in [0, 0.05) is 23.6 Å². The highest BCUT2D eigenvalue weighted by Crippen LogP contribution is 2.31. The third-order valence-electron chi connectivity index (χ3n) is 3.58. The zero-order valence-electron chi connectivity index (χ0n) is 13.6. The van der Waals surface area contributed by atoms with Crippen molar-refractivity contribution in [3.8, 4) is 0 Å². The van der Waals surface area contributed by atoms with Gasteiger partial charge in [-0.1, -0.05) is 32.1 Å².